The first-order valence-electron chi connectivity index (χ1n) is 13.1. The summed E-state index contributed by atoms with van der Waals surface area (Å²) in [7, 11) is 0. The number of morpholine rings is 1. The second-order valence-electron chi connectivity index (χ2n) is 10.7. The van der Waals surface area contributed by atoms with Crippen LogP contribution >= 0.6 is 0 Å². The molecular formula is C30H38N2O5. The van der Waals surface area contributed by atoms with Gasteiger partial charge in [-0.05, 0) is 47.2 Å². The lowest BCUT2D eigenvalue weighted by Gasteiger charge is -2.31. The number of Topliss-reactive ketones (excluding diaryl/α,β-unsaturated/α-hetero) is 1. The Morgan fingerprint density at radius 3 is 2.24 bits per heavy atom. The molecule has 2 aliphatic rings. The van der Waals surface area contributed by atoms with Gasteiger partial charge in [-0.2, -0.15) is 0 Å². The molecule has 7 heteroatoms. The summed E-state index contributed by atoms with van der Waals surface area (Å²) in [4.78, 5) is 30.4. The van der Waals surface area contributed by atoms with Gasteiger partial charge in [0, 0.05) is 31.7 Å². The predicted molar refractivity (Wildman–Crippen MR) is 144 cm³/mol. The molecule has 0 saturated carbocycles. The smallest absolute Gasteiger partial charge is 0.295 e. The molecule has 1 amide bonds. The minimum Gasteiger partial charge on any atom is -0.507 e. The van der Waals surface area contributed by atoms with E-state index in [0.29, 0.717) is 44.2 Å². The first-order chi connectivity index (χ1) is 17.7. The van der Waals surface area contributed by atoms with Crippen molar-refractivity contribution in [1.82, 2.24) is 9.80 Å². The topological polar surface area (TPSA) is 79.3 Å². The molecule has 2 aromatic rings. The molecule has 0 aliphatic carbocycles. The molecule has 1 unspecified atom stereocenters. The van der Waals surface area contributed by atoms with E-state index in [1.807, 2.05) is 31.2 Å². The highest BCUT2D eigenvalue weighted by molar-refractivity contribution is 6.46. The van der Waals surface area contributed by atoms with Crippen molar-refractivity contribution < 1.29 is 24.2 Å². The molecule has 0 radical (unpaired) electrons. The second-order valence-corrected chi connectivity index (χ2v) is 10.7. The van der Waals surface area contributed by atoms with Crippen LogP contribution in [0.3, 0.4) is 0 Å². The summed E-state index contributed by atoms with van der Waals surface area (Å²) in [5, 5.41) is 11.3. The third-order valence-corrected chi connectivity index (χ3v) is 6.99. The number of ketones is 1. The van der Waals surface area contributed by atoms with Gasteiger partial charge in [-0.25, -0.2) is 0 Å². The molecule has 4 rings (SSSR count). The number of carbonyl (C=O) groups is 2. The van der Waals surface area contributed by atoms with Gasteiger partial charge in [0.2, 0.25) is 0 Å². The molecule has 2 saturated heterocycles. The summed E-state index contributed by atoms with van der Waals surface area (Å²) in [6.45, 7) is 13.0. The maximum atomic E-state index is 13.3. The molecule has 7 nitrogen and oxygen atoms in total. The molecule has 0 bridgehead atoms. The number of likely N-dealkylation sites (tertiary alicyclic amines) is 1. The lowest BCUT2D eigenvalue weighted by molar-refractivity contribution is -0.140. The highest BCUT2D eigenvalue weighted by Gasteiger charge is 2.46. The first-order valence-corrected chi connectivity index (χ1v) is 13.1. The third-order valence-electron chi connectivity index (χ3n) is 6.99. The maximum absolute atomic E-state index is 13.3. The van der Waals surface area contributed by atoms with Crippen LogP contribution in [0, 0.1) is 0 Å². The Hall–Kier alpha value is -3.16. The van der Waals surface area contributed by atoms with Gasteiger partial charge >= 0.3 is 0 Å². The van der Waals surface area contributed by atoms with Crippen LogP contribution in [0.15, 0.2) is 54.1 Å². The number of benzene rings is 2. The van der Waals surface area contributed by atoms with Gasteiger partial charge in [0.15, 0.2) is 0 Å². The molecular weight excluding hydrogens is 468 g/mol. The Kier molecular flexibility index (Phi) is 8.35. The Bertz CT molecular complexity index is 1130. The predicted octanol–water partition coefficient (Wildman–Crippen LogP) is 4.53. The van der Waals surface area contributed by atoms with Crippen molar-refractivity contribution in [3.63, 3.8) is 0 Å². The zero-order valence-corrected chi connectivity index (χ0v) is 22.3. The van der Waals surface area contributed by atoms with Crippen LogP contribution in [0.5, 0.6) is 5.75 Å². The van der Waals surface area contributed by atoms with Gasteiger partial charge in [-0.3, -0.25) is 14.5 Å². The summed E-state index contributed by atoms with van der Waals surface area (Å²) in [5.41, 5.74) is 2.53. The van der Waals surface area contributed by atoms with Crippen molar-refractivity contribution in [3.05, 3.63) is 70.8 Å². The number of nitrogens with zero attached hydrogens (tertiary/aromatic N) is 2. The van der Waals surface area contributed by atoms with E-state index in [4.69, 9.17) is 9.47 Å². The van der Waals surface area contributed by atoms with E-state index in [1.165, 1.54) is 0 Å². The van der Waals surface area contributed by atoms with E-state index in [2.05, 4.69) is 25.7 Å². The Morgan fingerprint density at radius 2 is 1.65 bits per heavy atom. The normalized spacial score (nSPS) is 20.4. The van der Waals surface area contributed by atoms with Crippen molar-refractivity contribution in [2.45, 2.75) is 45.6 Å². The Labute approximate surface area is 219 Å². The standard InChI is InChI=1S/C30H38N2O5/c1-5-18-37-24-12-8-22(9-13-24)27(33)25-26(21-6-10-23(11-7-21)30(2,3)4)32(29(35)28(25)34)15-14-31-16-19-36-20-17-31/h6-13,26,33H,5,14-20H2,1-4H3. The van der Waals surface area contributed by atoms with Crippen LogP contribution < -0.4 is 4.74 Å². The summed E-state index contributed by atoms with van der Waals surface area (Å²) in [5.74, 6) is -0.712. The van der Waals surface area contributed by atoms with E-state index in [-0.39, 0.29) is 16.7 Å². The fraction of sp³-hybridized carbons (Fsp3) is 0.467. The van der Waals surface area contributed by atoms with Gasteiger partial charge in [-0.15, -0.1) is 0 Å². The molecule has 198 valence electrons. The maximum Gasteiger partial charge on any atom is 0.295 e. The molecule has 37 heavy (non-hydrogen) atoms. The highest BCUT2D eigenvalue weighted by Crippen LogP contribution is 2.40. The molecule has 2 fully saturated rings. The average molecular weight is 507 g/mol. The lowest BCUT2D eigenvalue weighted by Crippen LogP contribution is -2.42. The molecule has 0 aromatic heterocycles. The van der Waals surface area contributed by atoms with Crippen LogP contribution in [0.25, 0.3) is 5.76 Å². The van der Waals surface area contributed by atoms with Gasteiger partial charge in [0.25, 0.3) is 11.7 Å². The molecule has 0 spiro atoms. The van der Waals surface area contributed by atoms with Gasteiger partial charge in [0.05, 0.1) is 31.4 Å². The Morgan fingerprint density at radius 1 is 1.00 bits per heavy atom. The van der Waals surface area contributed by atoms with Gasteiger partial charge < -0.3 is 19.5 Å². The molecule has 1 N–H and O–H groups in total. The number of hydrogen-bond donors (Lipinski definition) is 1. The zero-order valence-electron chi connectivity index (χ0n) is 22.3. The highest BCUT2D eigenvalue weighted by atomic mass is 16.5. The average Bonchev–Trinajstić information content (AvgIpc) is 3.15. The van der Waals surface area contributed by atoms with Crippen LogP contribution in [0.4, 0.5) is 0 Å². The fourth-order valence-electron chi connectivity index (χ4n) is 4.78. The first kappa shape index (κ1) is 26.9. The number of carbonyl (C=O) groups excluding carboxylic acids is 2. The Balaban J connectivity index is 1.70. The van der Waals surface area contributed by atoms with Crippen molar-refractivity contribution in [3.8, 4) is 5.75 Å². The van der Waals surface area contributed by atoms with Crippen LogP contribution in [-0.2, 0) is 19.7 Å². The van der Waals surface area contributed by atoms with E-state index in [9.17, 15) is 14.7 Å². The summed E-state index contributed by atoms with van der Waals surface area (Å²) in [6.07, 6.45) is 0.892. The number of aliphatic hydroxyl groups is 1. The lowest BCUT2D eigenvalue weighted by atomic mass is 9.85. The monoisotopic (exact) mass is 506 g/mol. The number of aliphatic hydroxyl groups excluding tert-OH is 1. The SMILES string of the molecule is CCCOc1ccc(C(O)=C2C(=O)C(=O)N(CCN3CCOCC3)C2c2ccc(C(C)(C)C)cc2)cc1. The number of amides is 1. The van der Waals surface area contributed by atoms with Crippen molar-refractivity contribution in [2.75, 3.05) is 46.0 Å². The third kappa shape index (κ3) is 6.05. The number of ether oxygens (including phenoxy) is 2. The van der Waals surface area contributed by atoms with Gasteiger partial charge in [0.1, 0.15) is 11.5 Å². The van der Waals surface area contributed by atoms with E-state index in [1.54, 1.807) is 29.2 Å². The van der Waals surface area contributed by atoms with E-state index < -0.39 is 17.7 Å². The number of hydrogen-bond acceptors (Lipinski definition) is 6. The zero-order chi connectivity index (χ0) is 26.6. The van der Waals surface area contributed by atoms with E-state index >= 15 is 0 Å². The quantitative estimate of drug-likeness (QED) is 0.322. The fourth-order valence-corrected chi connectivity index (χ4v) is 4.78. The van der Waals surface area contributed by atoms with Crippen molar-refractivity contribution >= 4 is 17.4 Å². The molecule has 1 atom stereocenters. The number of rotatable bonds is 8. The molecule has 2 aliphatic heterocycles. The van der Waals surface area contributed by atoms with Crippen molar-refractivity contribution in [2.24, 2.45) is 0 Å². The summed E-state index contributed by atoms with van der Waals surface area (Å²) >= 11 is 0. The second kappa shape index (κ2) is 11.5. The largest absolute Gasteiger partial charge is 0.507 e. The minimum atomic E-state index is -0.661. The molecule has 2 aromatic carbocycles. The molecule has 2 heterocycles. The van der Waals surface area contributed by atoms with Gasteiger partial charge in [-0.1, -0.05) is 52.0 Å². The summed E-state index contributed by atoms with van der Waals surface area (Å²) < 4.78 is 11.1. The van der Waals surface area contributed by atoms with Crippen LogP contribution in [-0.4, -0.2) is 72.6 Å². The summed E-state index contributed by atoms with van der Waals surface area (Å²) in [6, 6.07) is 14.3. The van der Waals surface area contributed by atoms with Crippen LogP contribution in [0.1, 0.15) is 56.8 Å². The van der Waals surface area contributed by atoms with E-state index in [0.717, 1.165) is 30.6 Å². The van der Waals surface area contributed by atoms with Crippen LogP contribution in [0.2, 0.25) is 0 Å². The minimum absolute atomic E-state index is 0.0295. The van der Waals surface area contributed by atoms with Crippen molar-refractivity contribution in [1.29, 1.82) is 0 Å².